The molecule has 0 aliphatic heterocycles. The van der Waals surface area contributed by atoms with Crippen LogP contribution in [0.1, 0.15) is 13.3 Å². The molecule has 0 spiro atoms. The van der Waals surface area contributed by atoms with E-state index in [2.05, 4.69) is 0 Å². The maximum Gasteiger partial charge on any atom is 0.175 e. The van der Waals surface area contributed by atoms with Crippen molar-refractivity contribution in [2.24, 2.45) is 5.73 Å². The normalized spacial score (nSPS) is 16.8. The standard InChI is InChI=1S/C6H10FN/c1-3-5(7)6(8)4-2/h1,5-6H,4,8H2,2H3. The predicted molar refractivity (Wildman–Crippen MR) is 32.0 cm³/mol. The van der Waals surface area contributed by atoms with Crippen LogP contribution in [-0.4, -0.2) is 12.2 Å². The fourth-order valence-electron chi connectivity index (χ4n) is 0.331. The topological polar surface area (TPSA) is 26.0 Å². The van der Waals surface area contributed by atoms with Gasteiger partial charge < -0.3 is 5.73 Å². The van der Waals surface area contributed by atoms with E-state index >= 15 is 0 Å². The summed E-state index contributed by atoms with van der Waals surface area (Å²) in [6.45, 7) is 1.80. The Labute approximate surface area is 49.1 Å². The van der Waals surface area contributed by atoms with E-state index in [1.165, 1.54) is 0 Å². The molecule has 0 aromatic rings. The first-order valence-corrected chi connectivity index (χ1v) is 2.58. The average Bonchev–Trinajstić information content (AvgIpc) is 1.84. The Bertz CT molecular complexity index is 95.2. The van der Waals surface area contributed by atoms with E-state index in [0.29, 0.717) is 6.42 Å². The molecule has 0 bridgehead atoms. The van der Waals surface area contributed by atoms with Crippen molar-refractivity contribution in [3.63, 3.8) is 0 Å². The van der Waals surface area contributed by atoms with Gasteiger partial charge in [0, 0.05) is 6.04 Å². The highest BCUT2D eigenvalue weighted by atomic mass is 19.1. The third-order valence-electron chi connectivity index (χ3n) is 1.01. The van der Waals surface area contributed by atoms with Crippen LogP contribution in [0.5, 0.6) is 0 Å². The third-order valence-corrected chi connectivity index (χ3v) is 1.01. The molecule has 0 rings (SSSR count). The molecular weight excluding hydrogens is 105 g/mol. The molecule has 1 nitrogen and oxygen atoms in total. The maximum atomic E-state index is 12.2. The Morgan fingerprint density at radius 3 is 2.50 bits per heavy atom. The summed E-state index contributed by atoms with van der Waals surface area (Å²) in [6.07, 6.45) is 4.05. The lowest BCUT2D eigenvalue weighted by Crippen LogP contribution is -2.29. The molecular formula is C6H10FN. The molecule has 0 heterocycles. The summed E-state index contributed by atoms with van der Waals surface area (Å²) in [4.78, 5) is 0. The second kappa shape index (κ2) is 3.45. The van der Waals surface area contributed by atoms with E-state index in [9.17, 15) is 4.39 Å². The number of hydrogen-bond acceptors (Lipinski definition) is 1. The van der Waals surface area contributed by atoms with Crippen molar-refractivity contribution < 1.29 is 4.39 Å². The Kier molecular flexibility index (Phi) is 3.21. The molecule has 0 saturated carbocycles. The molecule has 46 valence electrons. The Morgan fingerprint density at radius 1 is 1.88 bits per heavy atom. The quantitative estimate of drug-likeness (QED) is 0.526. The molecule has 2 heteroatoms. The fourth-order valence-corrected chi connectivity index (χ4v) is 0.331. The van der Waals surface area contributed by atoms with Crippen molar-refractivity contribution in [1.29, 1.82) is 0 Å². The van der Waals surface area contributed by atoms with Crippen LogP contribution in [0, 0.1) is 12.3 Å². The van der Waals surface area contributed by atoms with Crippen molar-refractivity contribution in [2.75, 3.05) is 0 Å². The number of halogens is 1. The summed E-state index contributed by atoms with van der Waals surface area (Å²) in [6, 6.07) is -0.486. The molecule has 2 N–H and O–H groups in total. The molecule has 0 aliphatic rings. The van der Waals surface area contributed by atoms with Crippen molar-refractivity contribution in [3.8, 4) is 12.3 Å². The average molecular weight is 115 g/mol. The number of terminal acetylenes is 1. The van der Waals surface area contributed by atoms with Gasteiger partial charge in [-0.2, -0.15) is 0 Å². The van der Waals surface area contributed by atoms with Crippen molar-refractivity contribution in [3.05, 3.63) is 0 Å². The first-order valence-electron chi connectivity index (χ1n) is 2.58. The lowest BCUT2D eigenvalue weighted by Gasteiger charge is -2.06. The monoisotopic (exact) mass is 115 g/mol. The van der Waals surface area contributed by atoms with E-state index in [0.717, 1.165) is 0 Å². The van der Waals surface area contributed by atoms with Gasteiger partial charge in [0.25, 0.3) is 0 Å². The predicted octanol–water partition coefficient (Wildman–Crippen LogP) is 0.695. The van der Waals surface area contributed by atoms with Gasteiger partial charge in [0.2, 0.25) is 0 Å². The zero-order chi connectivity index (χ0) is 6.57. The van der Waals surface area contributed by atoms with Crippen LogP contribution in [0.15, 0.2) is 0 Å². The first-order chi connectivity index (χ1) is 3.72. The van der Waals surface area contributed by atoms with Gasteiger partial charge in [0.05, 0.1) is 0 Å². The zero-order valence-electron chi connectivity index (χ0n) is 4.89. The van der Waals surface area contributed by atoms with Gasteiger partial charge in [-0.3, -0.25) is 0 Å². The summed E-state index contributed by atoms with van der Waals surface area (Å²) in [5.41, 5.74) is 5.21. The second-order valence-electron chi connectivity index (χ2n) is 1.64. The van der Waals surface area contributed by atoms with Gasteiger partial charge in [-0.1, -0.05) is 12.8 Å². The zero-order valence-corrected chi connectivity index (χ0v) is 4.89. The molecule has 0 aromatic heterocycles. The number of nitrogens with two attached hydrogens (primary N) is 1. The van der Waals surface area contributed by atoms with Gasteiger partial charge in [-0.25, -0.2) is 4.39 Å². The molecule has 8 heavy (non-hydrogen) atoms. The SMILES string of the molecule is C#CC(F)C(N)CC. The van der Waals surface area contributed by atoms with Crippen molar-refractivity contribution >= 4 is 0 Å². The van der Waals surface area contributed by atoms with E-state index in [1.54, 1.807) is 6.92 Å². The molecule has 0 amide bonds. The van der Waals surface area contributed by atoms with Gasteiger partial charge in [0.15, 0.2) is 6.17 Å². The molecule has 0 aromatic carbocycles. The number of rotatable bonds is 2. The van der Waals surface area contributed by atoms with Crippen molar-refractivity contribution in [1.82, 2.24) is 0 Å². The van der Waals surface area contributed by atoms with Crippen LogP contribution >= 0.6 is 0 Å². The summed E-state index contributed by atoms with van der Waals surface area (Å²) in [5.74, 6) is 1.92. The summed E-state index contributed by atoms with van der Waals surface area (Å²) in [7, 11) is 0. The highest BCUT2D eigenvalue weighted by Gasteiger charge is 2.09. The molecule has 0 radical (unpaired) electrons. The Morgan fingerprint density at radius 2 is 2.38 bits per heavy atom. The lowest BCUT2D eigenvalue weighted by molar-refractivity contribution is 0.346. The van der Waals surface area contributed by atoms with Crippen LogP contribution in [0.4, 0.5) is 4.39 Å². The van der Waals surface area contributed by atoms with Gasteiger partial charge >= 0.3 is 0 Å². The van der Waals surface area contributed by atoms with E-state index in [1.807, 2.05) is 5.92 Å². The third kappa shape index (κ3) is 1.94. The van der Waals surface area contributed by atoms with Crippen LogP contribution in [-0.2, 0) is 0 Å². The number of hydrogen-bond donors (Lipinski definition) is 1. The molecule has 0 aliphatic carbocycles. The highest BCUT2D eigenvalue weighted by Crippen LogP contribution is 1.97. The maximum absolute atomic E-state index is 12.2. The largest absolute Gasteiger partial charge is 0.324 e. The highest BCUT2D eigenvalue weighted by molar-refractivity contribution is 4.98. The minimum atomic E-state index is -1.28. The van der Waals surface area contributed by atoms with Gasteiger partial charge in [-0.05, 0) is 6.42 Å². The fraction of sp³-hybridized carbons (Fsp3) is 0.667. The van der Waals surface area contributed by atoms with Crippen molar-refractivity contribution in [2.45, 2.75) is 25.6 Å². The molecule has 2 unspecified atom stereocenters. The van der Waals surface area contributed by atoms with E-state index in [4.69, 9.17) is 12.2 Å². The van der Waals surface area contributed by atoms with Crippen LogP contribution in [0.25, 0.3) is 0 Å². The summed E-state index contributed by atoms with van der Waals surface area (Å²) < 4.78 is 12.2. The number of alkyl halides is 1. The van der Waals surface area contributed by atoms with Gasteiger partial charge in [-0.15, -0.1) is 6.42 Å². The van der Waals surface area contributed by atoms with Gasteiger partial charge in [0.1, 0.15) is 0 Å². The summed E-state index contributed by atoms with van der Waals surface area (Å²) in [5, 5.41) is 0. The van der Waals surface area contributed by atoms with Crippen LogP contribution in [0.3, 0.4) is 0 Å². The Balaban J connectivity index is 3.49. The Hall–Kier alpha value is -0.550. The van der Waals surface area contributed by atoms with Crippen LogP contribution < -0.4 is 5.73 Å². The van der Waals surface area contributed by atoms with E-state index in [-0.39, 0.29) is 0 Å². The minimum absolute atomic E-state index is 0.486. The minimum Gasteiger partial charge on any atom is -0.324 e. The van der Waals surface area contributed by atoms with E-state index < -0.39 is 12.2 Å². The molecule has 2 atom stereocenters. The smallest absolute Gasteiger partial charge is 0.175 e. The molecule has 0 fully saturated rings. The summed E-state index contributed by atoms with van der Waals surface area (Å²) >= 11 is 0. The second-order valence-corrected chi connectivity index (χ2v) is 1.64. The first kappa shape index (κ1) is 7.45. The molecule has 0 saturated heterocycles. The van der Waals surface area contributed by atoms with Crippen LogP contribution in [0.2, 0.25) is 0 Å². The lowest BCUT2D eigenvalue weighted by atomic mass is 10.1.